The summed E-state index contributed by atoms with van der Waals surface area (Å²) in [5.41, 5.74) is 10.5. The molecule has 0 aliphatic rings. The summed E-state index contributed by atoms with van der Waals surface area (Å²) in [6.45, 7) is 0. The standard InChI is InChI=1S/C61H35N5OS/c1-2-18-38(19-3-1)65-48-27-11-7-22-42(48)55-44(24-14-28-49(55)65)59-62-60(45-25-15-31-54-56(45)43-23-9-13-30-53(43)68-54)64-61(63-59)57-50(33-32-41-40-21-8-12-29-52(40)67-58(41)57)66-47-26-10-6-20-39(47)46-34-36-16-4-5-17-37(36)35-51(46)66/h1-35H. The van der Waals surface area contributed by atoms with Crippen LogP contribution in [-0.2, 0) is 0 Å². The maximum absolute atomic E-state index is 7.04. The quantitative estimate of drug-likeness (QED) is 0.173. The fourth-order valence-electron chi connectivity index (χ4n) is 10.8. The Balaban J connectivity index is 1.10. The molecule has 10 aromatic carbocycles. The monoisotopic (exact) mass is 885 g/mol. The summed E-state index contributed by atoms with van der Waals surface area (Å²) in [6, 6.07) is 75.4. The van der Waals surface area contributed by atoms with Crippen LogP contribution in [0, 0.1) is 0 Å². The van der Waals surface area contributed by atoms with E-state index >= 15 is 0 Å². The van der Waals surface area contributed by atoms with Crippen LogP contribution in [0.5, 0.6) is 0 Å². The minimum absolute atomic E-state index is 0.525. The van der Waals surface area contributed by atoms with Crippen molar-refractivity contribution in [3.05, 3.63) is 212 Å². The Morgan fingerprint density at radius 2 is 0.971 bits per heavy atom. The van der Waals surface area contributed by atoms with E-state index in [0.29, 0.717) is 17.5 Å². The van der Waals surface area contributed by atoms with Crippen LogP contribution >= 0.6 is 11.3 Å². The highest BCUT2D eigenvalue weighted by molar-refractivity contribution is 7.25. The SMILES string of the molecule is c1ccc(-n2c3ccccc3c3c(-c4nc(-c5c(-n6c7ccccc7c7cc8ccccc8cc76)ccc6c5oc5ccccc56)nc(-c5cccc6sc7ccccc7c56)n4)cccc32)cc1. The number of fused-ring (bicyclic) bond motifs is 13. The molecule has 15 aromatic rings. The van der Waals surface area contributed by atoms with Crippen LogP contribution in [0.3, 0.4) is 0 Å². The van der Waals surface area contributed by atoms with Crippen LogP contribution in [-0.4, -0.2) is 24.1 Å². The van der Waals surface area contributed by atoms with Crippen molar-refractivity contribution in [3.63, 3.8) is 0 Å². The van der Waals surface area contributed by atoms with Crippen molar-refractivity contribution in [2.75, 3.05) is 0 Å². The molecule has 0 radical (unpaired) electrons. The predicted molar refractivity (Wildman–Crippen MR) is 282 cm³/mol. The molecule has 0 saturated carbocycles. The van der Waals surface area contributed by atoms with Gasteiger partial charge in [-0.25, -0.2) is 15.0 Å². The summed E-state index contributed by atoms with van der Waals surface area (Å²) >= 11 is 1.79. The van der Waals surface area contributed by atoms with E-state index in [1.807, 2.05) is 12.1 Å². The van der Waals surface area contributed by atoms with Gasteiger partial charge in [0, 0.05) is 69.3 Å². The van der Waals surface area contributed by atoms with Gasteiger partial charge in [-0.15, -0.1) is 11.3 Å². The summed E-state index contributed by atoms with van der Waals surface area (Å²) in [7, 11) is 0. The third-order valence-corrected chi connectivity index (χ3v) is 14.9. The fourth-order valence-corrected chi connectivity index (χ4v) is 12.0. The molecule has 0 bridgehead atoms. The number of aromatic nitrogens is 5. The fraction of sp³-hybridized carbons (Fsp3) is 0. The van der Waals surface area contributed by atoms with Gasteiger partial charge >= 0.3 is 0 Å². The first-order valence-corrected chi connectivity index (χ1v) is 23.7. The lowest BCUT2D eigenvalue weighted by Gasteiger charge is -2.16. The van der Waals surface area contributed by atoms with Gasteiger partial charge in [-0.3, -0.25) is 0 Å². The van der Waals surface area contributed by atoms with Crippen LogP contribution < -0.4 is 0 Å². The van der Waals surface area contributed by atoms with Crippen molar-refractivity contribution in [3.8, 4) is 45.5 Å². The van der Waals surface area contributed by atoms with Crippen LogP contribution in [0.15, 0.2) is 217 Å². The lowest BCUT2D eigenvalue weighted by Crippen LogP contribution is -2.04. The first-order chi connectivity index (χ1) is 33.7. The number of thiophene rings is 1. The molecule has 7 heteroatoms. The molecule has 15 rings (SSSR count). The smallest absolute Gasteiger partial charge is 0.170 e. The molecular weight excluding hydrogens is 851 g/mol. The molecule has 0 N–H and O–H groups in total. The molecule has 316 valence electrons. The minimum Gasteiger partial charge on any atom is -0.455 e. The van der Waals surface area contributed by atoms with E-state index in [4.69, 9.17) is 19.4 Å². The highest BCUT2D eigenvalue weighted by Gasteiger charge is 2.27. The third-order valence-electron chi connectivity index (χ3n) is 13.8. The van der Waals surface area contributed by atoms with E-state index in [-0.39, 0.29) is 0 Å². The minimum atomic E-state index is 0.525. The molecule has 0 saturated heterocycles. The van der Waals surface area contributed by atoms with Gasteiger partial charge in [-0.2, -0.15) is 0 Å². The van der Waals surface area contributed by atoms with E-state index in [2.05, 4.69) is 209 Å². The van der Waals surface area contributed by atoms with Gasteiger partial charge in [-0.05, 0) is 83.6 Å². The number of hydrogen-bond acceptors (Lipinski definition) is 5. The molecule has 0 spiro atoms. The van der Waals surface area contributed by atoms with Gasteiger partial charge in [0.2, 0.25) is 0 Å². The number of hydrogen-bond donors (Lipinski definition) is 0. The van der Waals surface area contributed by atoms with Crippen LogP contribution in [0.4, 0.5) is 0 Å². The van der Waals surface area contributed by atoms with E-state index in [9.17, 15) is 0 Å². The Morgan fingerprint density at radius 3 is 1.79 bits per heavy atom. The normalized spacial score (nSPS) is 12.1. The summed E-state index contributed by atoms with van der Waals surface area (Å²) in [4.78, 5) is 16.9. The molecule has 0 fully saturated rings. The summed E-state index contributed by atoms with van der Waals surface area (Å²) in [5.74, 6) is 1.70. The van der Waals surface area contributed by atoms with Crippen molar-refractivity contribution in [2.24, 2.45) is 0 Å². The van der Waals surface area contributed by atoms with Gasteiger partial charge in [0.25, 0.3) is 0 Å². The highest BCUT2D eigenvalue weighted by atomic mass is 32.1. The molecule has 5 aromatic heterocycles. The number of benzene rings is 10. The molecule has 0 aliphatic carbocycles. The average Bonchev–Trinajstić information content (AvgIpc) is 4.15. The van der Waals surface area contributed by atoms with Gasteiger partial charge in [-0.1, -0.05) is 140 Å². The van der Waals surface area contributed by atoms with E-state index in [1.165, 1.54) is 36.3 Å². The Labute approximate surface area is 392 Å². The van der Waals surface area contributed by atoms with Crippen LogP contribution in [0.2, 0.25) is 0 Å². The second kappa shape index (κ2) is 14.3. The van der Waals surface area contributed by atoms with Gasteiger partial charge < -0.3 is 13.6 Å². The zero-order valence-corrected chi connectivity index (χ0v) is 37.1. The van der Waals surface area contributed by atoms with Crippen molar-refractivity contribution in [1.29, 1.82) is 0 Å². The zero-order valence-electron chi connectivity index (χ0n) is 36.3. The summed E-state index contributed by atoms with van der Waals surface area (Å²) in [6.07, 6.45) is 0. The predicted octanol–water partition coefficient (Wildman–Crippen LogP) is 16.5. The number of furan rings is 1. The Hall–Kier alpha value is -8.91. The second-order valence-corrected chi connectivity index (χ2v) is 18.6. The first kappa shape index (κ1) is 37.3. The molecule has 0 unspecified atom stereocenters. The maximum atomic E-state index is 7.04. The van der Waals surface area contributed by atoms with Gasteiger partial charge in [0.1, 0.15) is 11.2 Å². The topological polar surface area (TPSA) is 61.7 Å². The molecular formula is C61H35N5OS. The van der Waals surface area contributed by atoms with Crippen LogP contribution in [0.25, 0.3) is 142 Å². The first-order valence-electron chi connectivity index (χ1n) is 22.9. The van der Waals surface area contributed by atoms with Crippen molar-refractivity contribution < 1.29 is 4.42 Å². The van der Waals surface area contributed by atoms with Crippen LogP contribution in [0.1, 0.15) is 0 Å². The molecule has 6 nitrogen and oxygen atoms in total. The van der Waals surface area contributed by atoms with E-state index < -0.39 is 0 Å². The van der Waals surface area contributed by atoms with Crippen molar-refractivity contribution in [1.82, 2.24) is 24.1 Å². The Morgan fingerprint density at radius 1 is 0.368 bits per heavy atom. The molecule has 68 heavy (non-hydrogen) atoms. The largest absolute Gasteiger partial charge is 0.455 e. The Kier molecular flexibility index (Phi) is 7.85. The molecule has 0 atom stereocenters. The van der Waals surface area contributed by atoms with Crippen molar-refractivity contribution >= 4 is 108 Å². The molecule has 0 aliphatic heterocycles. The maximum Gasteiger partial charge on any atom is 0.170 e. The van der Waals surface area contributed by atoms with Gasteiger partial charge in [0.15, 0.2) is 17.5 Å². The number of nitrogens with zero attached hydrogens (tertiary/aromatic N) is 5. The van der Waals surface area contributed by atoms with E-state index in [1.54, 1.807) is 11.3 Å². The Bertz CT molecular complexity index is 4580. The highest BCUT2D eigenvalue weighted by Crippen LogP contribution is 2.46. The zero-order chi connectivity index (χ0) is 44.5. The lowest BCUT2D eigenvalue weighted by atomic mass is 10.0. The number of para-hydroxylation sites is 4. The third kappa shape index (κ3) is 5.36. The molecule has 0 amide bonds. The van der Waals surface area contributed by atoms with Crippen molar-refractivity contribution in [2.45, 2.75) is 0 Å². The van der Waals surface area contributed by atoms with E-state index in [0.717, 1.165) is 88.2 Å². The summed E-state index contributed by atoms with van der Waals surface area (Å²) < 4.78 is 14.2. The number of rotatable bonds is 5. The second-order valence-electron chi connectivity index (χ2n) is 17.5. The summed E-state index contributed by atoms with van der Waals surface area (Å²) in [5, 5.41) is 11.2. The van der Waals surface area contributed by atoms with Gasteiger partial charge in [0.05, 0.1) is 33.3 Å². The lowest BCUT2D eigenvalue weighted by molar-refractivity contribution is 0.669. The molecule has 5 heterocycles. The average molecular weight is 886 g/mol.